The number of ether oxygens (including phenoxy) is 2. The van der Waals surface area contributed by atoms with E-state index in [9.17, 15) is 13.2 Å². The van der Waals surface area contributed by atoms with Gasteiger partial charge < -0.3 is 14.8 Å². The molecule has 2 aromatic carbocycles. The van der Waals surface area contributed by atoms with Crippen molar-refractivity contribution in [2.24, 2.45) is 0 Å². The van der Waals surface area contributed by atoms with E-state index in [1.54, 1.807) is 14.2 Å². The third kappa shape index (κ3) is 6.44. The maximum atomic E-state index is 12.5. The second kappa shape index (κ2) is 10.8. The van der Waals surface area contributed by atoms with Crippen LogP contribution in [0.2, 0.25) is 0 Å². The van der Waals surface area contributed by atoms with E-state index in [1.807, 2.05) is 42.5 Å². The monoisotopic (exact) mass is 461 g/mol. The van der Waals surface area contributed by atoms with E-state index >= 15 is 0 Å². The van der Waals surface area contributed by atoms with Crippen LogP contribution >= 0.6 is 0 Å². The van der Waals surface area contributed by atoms with Gasteiger partial charge in [-0.05, 0) is 41.8 Å². The Bertz CT molecular complexity index is 1020. The molecule has 1 saturated heterocycles. The van der Waals surface area contributed by atoms with Crippen molar-refractivity contribution in [3.05, 3.63) is 59.2 Å². The molecule has 2 aromatic rings. The zero-order valence-electron chi connectivity index (χ0n) is 18.8. The molecule has 0 saturated carbocycles. The van der Waals surface area contributed by atoms with Gasteiger partial charge in [-0.15, -0.1) is 0 Å². The fourth-order valence-corrected chi connectivity index (χ4v) is 4.52. The van der Waals surface area contributed by atoms with Crippen LogP contribution < -0.4 is 14.8 Å². The van der Waals surface area contributed by atoms with Crippen molar-refractivity contribution in [2.75, 3.05) is 53.2 Å². The van der Waals surface area contributed by atoms with Crippen LogP contribution in [0.3, 0.4) is 0 Å². The maximum Gasteiger partial charge on any atom is 0.251 e. The Morgan fingerprint density at radius 1 is 0.938 bits per heavy atom. The first kappa shape index (κ1) is 24.0. The van der Waals surface area contributed by atoms with Crippen LogP contribution in [0.1, 0.15) is 21.5 Å². The lowest BCUT2D eigenvalue weighted by molar-refractivity contribution is 0.0954. The number of carbonyl (C=O) groups is 1. The number of carbonyl (C=O) groups excluding carboxylic acids is 1. The molecule has 1 aliphatic rings. The molecule has 1 heterocycles. The van der Waals surface area contributed by atoms with Crippen molar-refractivity contribution >= 4 is 15.9 Å². The zero-order chi connectivity index (χ0) is 23.1. The number of benzene rings is 2. The number of sulfonamides is 1. The third-order valence-electron chi connectivity index (χ3n) is 5.57. The number of hydrogen-bond acceptors (Lipinski definition) is 6. The van der Waals surface area contributed by atoms with Crippen LogP contribution in [-0.4, -0.2) is 76.7 Å². The highest BCUT2D eigenvalue weighted by atomic mass is 32.2. The number of amides is 1. The van der Waals surface area contributed by atoms with Gasteiger partial charge in [0.2, 0.25) is 10.0 Å². The van der Waals surface area contributed by atoms with Crippen molar-refractivity contribution in [2.45, 2.75) is 13.0 Å². The molecule has 0 aromatic heterocycles. The van der Waals surface area contributed by atoms with Crippen molar-refractivity contribution in [1.29, 1.82) is 0 Å². The zero-order valence-corrected chi connectivity index (χ0v) is 19.7. The average Bonchev–Trinajstić information content (AvgIpc) is 2.79. The smallest absolute Gasteiger partial charge is 0.251 e. The van der Waals surface area contributed by atoms with Crippen molar-refractivity contribution in [3.8, 4) is 11.5 Å². The molecule has 0 spiro atoms. The van der Waals surface area contributed by atoms with Gasteiger partial charge in [0.1, 0.15) is 0 Å². The lowest BCUT2D eigenvalue weighted by atomic mass is 10.1. The van der Waals surface area contributed by atoms with Gasteiger partial charge in [0.25, 0.3) is 5.91 Å². The summed E-state index contributed by atoms with van der Waals surface area (Å²) in [6.07, 6.45) is 1.93. The van der Waals surface area contributed by atoms with Crippen molar-refractivity contribution in [1.82, 2.24) is 14.5 Å². The van der Waals surface area contributed by atoms with Crippen LogP contribution in [0, 0.1) is 0 Å². The Morgan fingerprint density at radius 2 is 1.56 bits per heavy atom. The molecular weight excluding hydrogens is 430 g/mol. The Morgan fingerprint density at radius 3 is 2.16 bits per heavy atom. The Labute approximate surface area is 190 Å². The predicted molar refractivity (Wildman–Crippen MR) is 124 cm³/mol. The lowest BCUT2D eigenvalue weighted by Crippen LogP contribution is -2.47. The molecule has 174 valence electrons. The summed E-state index contributed by atoms with van der Waals surface area (Å²) in [5, 5.41) is 2.95. The molecule has 9 heteroatoms. The molecule has 1 fully saturated rings. The van der Waals surface area contributed by atoms with Gasteiger partial charge in [-0.3, -0.25) is 9.69 Å². The summed E-state index contributed by atoms with van der Waals surface area (Å²) in [5.74, 6) is 1.24. The highest BCUT2D eigenvalue weighted by Crippen LogP contribution is 2.27. The van der Waals surface area contributed by atoms with Gasteiger partial charge >= 0.3 is 0 Å². The van der Waals surface area contributed by atoms with Gasteiger partial charge in [0.05, 0.1) is 20.5 Å². The first-order valence-electron chi connectivity index (χ1n) is 10.6. The summed E-state index contributed by atoms with van der Waals surface area (Å²) in [5.41, 5.74) is 2.76. The molecule has 1 aliphatic heterocycles. The summed E-state index contributed by atoms with van der Waals surface area (Å²) >= 11 is 0. The minimum absolute atomic E-state index is 0.112. The van der Waals surface area contributed by atoms with Gasteiger partial charge in [-0.2, -0.15) is 4.31 Å². The predicted octanol–water partition coefficient (Wildman–Crippen LogP) is 1.75. The topological polar surface area (TPSA) is 88.2 Å². The second-order valence-electron chi connectivity index (χ2n) is 7.83. The number of hydrogen-bond donors (Lipinski definition) is 1. The number of rotatable bonds is 9. The highest BCUT2D eigenvalue weighted by molar-refractivity contribution is 7.88. The van der Waals surface area contributed by atoms with E-state index < -0.39 is 10.0 Å². The molecule has 32 heavy (non-hydrogen) atoms. The molecule has 0 aliphatic carbocycles. The molecular formula is C23H31N3O5S. The number of methoxy groups -OCH3 is 2. The highest BCUT2D eigenvalue weighted by Gasteiger charge is 2.23. The number of piperazine rings is 1. The Balaban J connectivity index is 1.46. The Hall–Kier alpha value is -2.62. The van der Waals surface area contributed by atoms with Gasteiger partial charge in [-0.1, -0.05) is 18.2 Å². The fraction of sp³-hybridized carbons (Fsp3) is 0.435. The average molecular weight is 462 g/mol. The SMILES string of the molecule is COc1ccc(CCNC(=O)c2ccc(CN3CCN(S(C)(=O)=O)CC3)cc2)cc1OC. The largest absolute Gasteiger partial charge is 0.493 e. The van der Waals surface area contributed by atoms with E-state index in [4.69, 9.17) is 9.47 Å². The Kier molecular flexibility index (Phi) is 8.11. The van der Waals surface area contributed by atoms with E-state index in [0.717, 1.165) is 17.7 Å². The molecule has 1 amide bonds. The third-order valence-corrected chi connectivity index (χ3v) is 6.87. The van der Waals surface area contributed by atoms with E-state index in [0.29, 0.717) is 56.2 Å². The molecule has 3 rings (SSSR count). The van der Waals surface area contributed by atoms with E-state index in [1.165, 1.54) is 10.6 Å². The van der Waals surface area contributed by atoms with Crippen LogP contribution in [-0.2, 0) is 23.0 Å². The van der Waals surface area contributed by atoms with Gasteiger partial charge in [0, 0.05) is 44.8 Å². The standard InChI is InChI=1S/C23H31N3O5S/c1-30-21-9-6-18(16-22(21)31-2)10-11-24-23(27)20-7-4-19(5-8-20)17-25-12-14-26(15-13-25)32(3,28)29/h4-9,16H,10-15,17H2,1-3H3,(H,24,27). The number of nitrogens with one attached hydrogen (secondary N) is 1. The van der Waals surface area contributed by atoms with E-state index in [-0.39, 0.29) is 5.91 Å². The minimum Gasteiger partial charge on any atom is -0.493 e. The van der Waals surface area contributed by atoms with Crippen LogP contribution in [0.25, 0.3) is 0 Å². The second-order valence-corrected chi connectivity index (χ2v) is 9.81. The van der Waals surface area contributed by atoms with E-state index in [2.05, 4.69) is 10.2 Å². The fourth-order valence-electron chi connectivity index (χ4n) is 3.70. The molecule has 0 radical (unpaired) electrons. The molecule has 1 N–H and O–H groups in total. The van der Waals surface area contributed by atoms with Crippen LogP contribution in [0.15, 0.2) is 42.5 Å². The van der Waals surface area contributed by atoms with Crippen LogP contribution in [0.4, 0.5) is 0 Å². The molecule has 0 bridgehead atoms. The molecule has 0 unspecified atom stereocenters. The van der Waals surface area contributed by atoms with Crippen LogP contribution in [0.5, 0.6) is 11.5 Å². The van der Waals surface area contributed by atoms with Gasteiger partial charge in [0.15, 0.2) is 11.5 Å². The lowest BCUT2D eigenvalue weighted by Gasteiger charge is -2.33. The molecule has 8 nitrogen and oxygen atoms in total. The number of nitrogens with zero attached hydrogens (tertiary/aromatic N) is 2. The maximum absolute atomic E-state index is 12.5. The first-order chi connectivity index (χ1) is 15.3. The first-order valence-corrected chi connectivity index (χ1v) is 12.4. The molecule has 0 atom stereocenters. The summed E-state index contributed by atoms with van der Waals surface area (Å²) in [6.45, 7) is 3.68. The van der Waals surface area contributed by atoms with Crippen molar-refractivity contribution in [3.63, 3.8) is 0 Å². The van der Waals surface area contributed by atoms with Crippen molar-refractivity contribution < 1.29 is 22.7 Å². The summed E-state index contributed by atoms with van der Waals surface area (Å²) in [6, 6.07) is 13.3. The summed E-state index contributed by atoms with van der Waals surface area (Å²) < 4.78 is 35.3. The minimum atomic E-state index is -3.12. The quantitative estimate of drug-likeness (QED) is 0.612. The summed E-state index contributed by atoms with van der Waals surface area (Å²) in [4.78, 5) is 14.7. The van der Waals surface area contributed by atoms with Gasteiger partial charge in [-0.25, -0.2) is 8.42 Å². The normalized spacial score (nSPS) is 15.3. The summed E-state index contributed by atoms with van der Waals surface area (Å²) in [7, 11) is 0.0797.